The summed E-state index contributed by atoms with van der Waals surface area (Å²) in [5.74, 6) is -0.328. The lowest BCUT2D eigenvalue weighted by Gasteiger charge is -2.26. The number of ether oxygens (including phenoxy) is 1. The summed E-state index contributed by atoms with van der Waals surface area (Å²) in [6.07, 6.45) is 7.23. The smallest absolute Gasteiger partial charge is 0.410 e. The van der Waals surface area contributed by atoms with Gasteiger partial charge in [-0.3, -0.25) is 9.78 Å². The minimum atomic E-state index is -0.367. The molecule has 0 fully saturated rings. The van der Waals surface area contributed by atoms with Gasteiger partial charge >= 0.3 is 6.09 Å². The summed E-state index contributed by atoms with van der Waals surface area (Å²) in [6.45, 7) is 1.14. The molecular formula is C25H22N4O3S. The molecule has 2 aromatic heterocycles. The fourth-order valence-corrected chi connectivity index (χ4v) is 4.77. The van der Waals surface area contributed by atoms with Crippen molar-refractivity contribution in [3.8, 4) is 6.07 Å². The van der Waals surface area contributed by atoms with Crippen LogP contribution in [0, 0.1) is 11.3 Å². The molecule has 1 N–H and O–H groups in total. The number of amides is 2. The van der Waals surface area contributed by atoms with E-state index in [-0.39, 0.29) is 12.0 Å². The monoisotopic (exact) mass is 458 g/mol. The maximum atomic E-state index is 12.5. The Kier molecular flexibility index (Phi) is 7.12. The molecule has 2 amide bonds. The number of fused-ring (bicyclic) bond motifs is 1. The van der Waals surface area contributed by atoms with Crippen LogP contribution < -0.4 is 5.32 Å². The minimum Gasteiger partial charge on any atom is -0.449 e. The van der Waals surface area contributed by atoms with Gasteiger partial charge in [-0.2, -0.15) is 5.26 Å². The van der Waals surface area contributed by atoms with Crippen molar-refractivity contribution in [2.75, 3.05) is 18.5 Å². The van der Waals surface area contributed by atoms with E-state index in [0.717, 1.165) is 21.6 Å². The number of carbonyl (C=O) groups is 2. The Morgan fingerprint density at radius 2 is 2.09 bits per heavy atom. The third-order valence-corrected chi connectivity index (χ3v) is 6.37. The molecule has 8 heteroatoms. The van der Waals surface area contributed by atoms with E-state index in [2.05, 4.69) is 16.4 Å². The second-order valence-electron chi connectivity index (χ2n) is 7.45. The van der Waals surface area contributed by atoms with E-state index >= 15 is 0 Å². The number of hydrogen-bond acceptors (Lipinski definition) is 6. The molecular weight excluding hydrogens is 436 g/mol. The lowest BCUT2D eigenvalue weighted by molar-refractivity contribution is -0.111. The number of rotatable bonds is 6. The van der Waals surface area contributed by atoms with Crippen molar-refractivity contribution in [3.05, 3.63) is 88.1 Å². The van der Waals surface area contributed by atoms with E-state index < -0.39 is 0 Å². The normalized spacial score (nSPS) is 12.8. The summed E-state index contributed by atoms with van der Waals surface area (Å²) in [5, 5.41) is 13.0. The highest BCUT2D eigenvalue weighted by Crippen LogP contribution is 2.36. The maximum absolute atomic E-state index is 12.5. The van der Waals surface area contributed by atoms with Gasteiger partial charge in [0.1, 0.15) is 11.1 Å². The van der Waals surface area contributed by atoms with Gasteiger partial charge in [0.25, 0.3) is 0 Å². The zero-order valence-electron chi connectivity index (χ0n) is 17.9. The van der Waals surface area contributed by atoms with Crippen molar-refractivity contribution in [1.82, 2.24) is 9.88 Å². The van der Waals surface area contributed by atoms with Crippen LogP contribution >= 0.6 is 11.3 Å². The van der Waals surface area contributed by atoms with Crippen LogP contribution in [-0.4, -0.2) is 35.0 Å². The molecule has 0 saturated carbocycles. The van der Waals surface area contributed by atoms with Crippen molar-refractivity contribution in [3.63, 3.8) is 0 Å². The first-order valence-electron chi connectivity index (χ1n) is 10.5. The SMILES string of the molecule is N#Cc1c(NC(=O)C=Cc2cccnc2)sc2c1CCN(C(=O)OCCc1ccccc1)C2. The molecule has 1 aromatic carbocycles. The number of nitrogens with zero attached hydrogens (tertiary/aromatic N) is 3. The summed E-state index contributed by atoms with van der Waals surface area (Å²) in [4.78, 5) is 31.4. The molecule has 0 spiro atoms. The Bertz CT molecular complexity index is 1200. The Morgan fingerprint density at radius 1 is 1.24 bits per heavy atom. The van der Waals surface area contributed by atoms with Crippen molar-refractivity contribution in [2.24, 2.45) is 0 Å². The molecule has 7 nitrogen and oxygen atoms in total. The van der Waals surface area contributed by atoms with Crippen molar-refractivity contribution >= 4 is 34.4 Å². The fraction of sp³-hybridized carbons (Fsp3) is 0.200. The van der Waals surface area contributed by atoms with Gasteiger partial charge in [0, 0.05) is 36.3 Å². The number of aromatic nitrogens is 1. The lowest BCUT2D eigenvalue weighted by Crippen LogP contribution is -2.36. The van der Waals surface area contributed by atoms with Crippen LogP contribution in [0.5, 0.6) is 0 Å². The third kappa shape index (κ3) is 5.64. The zero-order valence-corrected chi connectivity index (χ0v) is 18.7. The van der Waals surface area contributed by atoms with E-state index in [9.17, 15) is 14.9 Å². The fourth-order valence-electron chi connectivity index (χ4n) is 3.56. The predicted octanol–water partition coefficient (Wildman–Crippen LogP) is 4.40. The van der Waals surface area contributed by atoms with E-state index in [1.54, 1.807) is 29.4 Å². The standard InChI is InChI=1S/C25H22N4O3S/c26-15-21-20-10-13-29(25(31)32-14-11-18-5-2-1-3-6-18)17-22(20)33-24(21)28-23(30)9-8-19-7-4-12-27-16-19/h1-9,12,16H,10-11,13-14,17H2,(H,28,30). The molecule has 0 unspecified atom stereocenters. The largest absolute Gasteiger partial charge is 0.449 e. The number of nitrogens with one attached hydrogen (secondary N) is 1. The molecule has 0 radical (unpaired) electrons. The average Bonchev–Trinajstić information content (AvgIpc) is 3.20. The van der Waals surface area contributed by atoms with Crippen molar-refractivity contribution < 1.29 is 14.3 Å². The Balaban J connectivity index is 1.37. The van der Waals surface area contributed by atoms with Gasteiger partial charge in [0.2, 0.25) is 5.91 Å². The Morgan fingerprint density at radius 3 is 2.85 bits per heavy atom. The second kappa shape index (κ2) is 10.6. The summed E-state index contributed by atoms with van der Waals surface area (Å²) < 4.78 is 5.45. The minimum absolute atomic E-state index is 0.310. The van der Waals surface area contributed by atoms with Crippen molar-refractivity contribution in [1.29, 1.82) is 5.26 Å². The van der Waals surface area contributed by atoms with Crippen LogP contribution in [0.2, 0.25) is 0 Å². The first-order valence-corrected chi connectivity index (χ1v) is 11.3. The Hall–Kier alpha value is -3.96. The van der Waals surface area contributed by atoms with Gasteiger partial charge in [-0.15, -0.1) is 11.3 Å². The highest BCUT2D eigenvalue weighted by Gasteiger charge is 2.28. The van der Waals surface area contributed by atoms with Crippen LogP contribution in [0.25, 0.3) is 6.08 Å². The number of nitriles is 1. The van der Waals surface area contributed by atoms with Crippen LogP contribution in [0.4, 0.5) is 9.80 Å². The van der Waals surface area contributed by atoms with Gasteiger partial charge < -0.3 is 15.0 Å². The molecule has 3 aromatic rings. The van der Waals surface area contributed by atoms with Gasteiger partial charge in [-0.05, 0) is 35.3 Å². The van der Waals surface area contributed by atoms with E-state index in [1.807, 2.05) is 36.4 Å². The van der Waals surface area contributed by atoms with E-state index in [1.165, 1.54) is 17.4 Å². The average molecular weight is 459 g/mol. The highest BCUT2D eigenvalue weighted by atomic mass is 32.1. The van der Waals surface area contributed by atoms with Gasteiger partial charge in [-0.1, -0.05) is 36.4 Å². The first kappa shape index (κ1) is 22.2. The molecule has 0 atom stereocenters. The third-order valence-electron chi connectivity index (χ3n) is 5.23. The zero-order chi connectivity index (χ0) is 23.0. The van der Waals surface area contributed by atoms with E-state index in [4.69, 9.17) is 4.74 Å². The topological polar surface area (TPSA) is 95.3 Å². The number of carbonyl (C=O) groups excluding carboxylic acids is 2. The van der Waals surface area contributed by atoms with Crippen LogP contribution in [-0.2, 0) is 28.9 Å². The molecule has 0 bridgehead atoms. The molecule has 0 aliphatic carbocycles. The summed E-state index contributed by atoms with van der Waals surface area (Å²) >= 11 is 1.33. The lowest BCUT2D eigenvalue weighted by atomic mass is 10.0. The number of anilines is 1. The van der Waals surface area contributed by atoms with Crippen molar-refractivity contribution in [2.45, 2.75) is 19.4 Å². The number of pyridine rings is 1. The molecule has 4 rings (SSSR count). The Labute approximate surface area is 195 Å². The van der Waals surface area contributed by atoms with Gasteiger partial charge in [0.15, 0.2) is 0 Å². The summed E-state index contributed by atoms with van der Waals surface area (Å²) in [7, 11) is 0. The molecule has 33 heavy (non-hydrogen) atoms. The second-order valence-corrected chi connectivity index (χ2v) is 8.56. The summed E-state index contributed by atoms with van der Waals surface area (Å²) in [5.41, 5.74) is 3.28. The number of hydrogen-bond donors (Lipinski definition) is 1. The molecule has 166 valence electrons. The molecule has 1 aliphatic heterocycles. The predicted molar refractivity (Wildman–Crippen MR) is 127 cm³/mol. The van der Waals surface area contributed by atoms with Gasteiger partial charge in [0.05, 0.1) is 18.7 Å². The van der Waals surface area contributed by atoms with Gasteiger partial charge in [-0.25, -0.2) is 4.79 Å². The van der Waals surface area contributed by atoms with Crippen LogP contribution in [0.3, 0.4) is 0 Å². The maximum Gasteiger partial charge on any atom is 0.410 e. The van der Waals surface area contributed by atoms with E-state index in [0.29, 0.717) is 43.1 Å². The summed E-state index contributed by atoms with van der Waals surface area (Å²) in [6, 6.07) is 15.7. The molecule has 0 saturated heterocycles. The first-order chi connectivity index (χ1) is 16.1. The number of benzene rings is 1. The van der Waals surface area contributed by atoms with Crippen LogP contribution in [0.1, 0.15) is 27.1 Å². The molecule has 3 heterocycles. The number of thiophene rings is 1. The molecule has 1 aliphatic rings. The highest BCUT2D eigenvalue weighted by molar-refractivity contribution is 7.16. The quantitative estimate of drug-likeness (QED) is 0.552. The van der Waals surface area contributed by atoms with Crippen LogP contribution in [0.15, 0.2) is 60.9 Å².